The zero-order valence-electron chi connectivity index (χ0n) is 19.5. The van der Waals surface area contributed by atoms with Crippen molar-refractivity contribution in [2.75, 3.05) is 6.54 Å². The van der Waals surface area contributed by atoms with E-state index >= 15 is 0 Å². The number of ether oxygens (including phenoxy) is 1. The fraction of sp³-hybridized carbons (Fsp3) is 0.444. The Labute approximate surface area is 199 Å². The van der Waals surface area contributed by atoms with Crippen molar-refractivity contribution in [1.82, 2.24) is 0 Å². The van der Waals surface area contributed by atoms with E-state index < -0.39 is 11.9 Å². The van der Waals surface area contributed by atoms with Gasteiger partial charge in [-0.15, -0.1) is 0 Å². The Morgan fingerprint density at radius 2 is 2.03 bits per heavy atom. The number of furan rings is 1. The summed E-state index contributed by atoms with van der Waals surface area (Å²) >= 11 is 0. The normalized spacial score (nSPS) is 19.8. The molecule has 1 aromatic heterocycles. The number of aryl methyl sites for hydroxylation is 1. The van der Waals surface area contributed by atoms with Gasteiger partial charge in [-0.05, 0) is 55.8 Å². The van der Waals surface area contributed by atoms with Gasteiger partial charge in [-0.3, -0.25) is 14.8 Å². The van der Waals surface area contributed by atoms with Gasteiger partial charge < -0.3 is 19.4 Å². The molecule has 1 aliphatic heterocycles. The van der Waals surface area contributed by atoms with Crippen LogP contribution in [0.15, 0.2) is 57.0 Å². The Balaban J connectivity index is 1.53. The Morgan fingerprint density at radius 1 is 1.26 bits per heavy atom. The number of rotatable bonds is 9. The first-order valence-electron chi connectivity index (χ1n) is 12.0. The van der Waals surface area contributed by atoms with Crippen LogP contribution in [-0.4, -0.2) is 29.7 Å². The third-order valence-corrected chi connectivity index (χ3v) is 6.52. The molecule has 0 saturated heterocycles. The van der Waals surface area contributed by atoms with E-state index in [4.69, 9.17) is 14.3 Å². The highest BCUT2D eigenvalue weighted by Gasteiger charge is 2.31. The maximum atomic E-state index is 12.2. The minimum absolute atomic E-state index is 0.0280. The van der Waals surface area contributed by atoms with Crippen LogP contribution in [0.1, 0.15) is 79.6 Å². The minimum Gasteiger partial charge on any atom is -0.858 e. The second-order valence-corrected chi connectivity index (χ2v) is 8.98. The van der Waals surface area contributed by atoms with E-state index in [2.05, 4.69) is 16.1 Å². The molecule has 2 unspecified atom stereocenters. The Bertz CT molecular complexity index is 1060. The standard InChI is InChI=1S/C27H32N2O5/c1-18-23(16-24(33-18)21-8-5-14-28-17-21)26(19-6-3-2-4-7-19)34-22-11-9-20(10-12-22)27(32)29-15-13-25(30)31/h5,9-12,14,16-17,19,21,26H,2-4,6-8,13,15H2,1H3,(H,29,32)(H,30,31)/p-1. The summed E-state index contributed by atoms with van der Waals surface area (Å²) in [4.78, 5) is 18.7. The topological polar surface area (TPSA) is 107 Å². The molecule has 2 aliphatic rings. The summed E-state index contributed by atoms with van der Waals surface area (Å²) in [5.74, 6) is 1.60. The molecule has 2 heterocycles. The van der Waals surface area contributed by atoms with Crippen LogP contribution in [0.2, 0.25) is 0 Å². The summed E-state index contributed by atoms with van der Waals surface area (Å²) in [6, 6.07) is 9.05. The highest BCUT2D eigenvalue weighted by Crippen LogP contribution is 2.41. The summed E-state index contributed by atoms with van der Waals surface area (Å²) in [7, 11) is 0. The SMILES string of the molecule is Cc1oc(C2C=NC=CC2)cc1C(Oc1ccc(C([O-])=NCCC(=O)O)cc1)C1CCCCC1. The molecule has 34 heavy (non-hydrogen) atoms. The smallest absolute Gasteiger partial charge is 0.305 e. The van der Waals surface area contributed by atoms with Gasteiger partial charge in [0.2, 0.25) is 0 Å². The van der Waals surface area contributed by atoms with E-state index in [0.717, 1.165) is 36.3 Å². The average molecular weight is 464 g/mol. The first-order chi connectivity index (χ1) is 16.5. The van der Waals surface area contributed by atoms with Gasteiger partial charge in [0.1, 0.15) is 23.4 Å². The fourth-order valence-corrected chi connectivity index (χ4v) is 4.68. The molecule has 180 valence electrons. The number of carboxylic acid groups (broad SMARTS) is 1. The molecule has 0 bridgehead atoms. The molecule has 2 aromatic rings. The van der Waals surface area contributed by atoms with Crippen molar-refractivity contribution in [1.29, 1.82) is 0 Å². The van der Waals surface area contributed by atoms with E-state index in [1.165, 1.54) is 19.3 Å². The molecule has 1 aromatic carbocycles. The number of allylic oxidation sites excluding steroid dienone is 1. The van der Waals surface area contributed by atoms with Crippen molar-refractivity contribution in [3.05, 3.63) is 65.3 Å². The molecule has 0 spiro atoms. The molecular formula is C27H31N2O5-. The Kier molecular flexibility index (Phi) is 7.83. The first-order valence-corrected chi connectivity index (χ1v) is 12.0. The average Bonchev–Trinajstić information content (AvgIpc) is 3.25. The summed E-state index contributed by atoms with van der Waals surface area (Å²) in [6.45, 7) is 1.97. The van der Waals surface area contributed by atoms with Gasteiger partial charge in [0.15, 0.2) is 0 Å². The van der Waals surface area contributed by atoms with Crippen LogP contribution in [0, 0.1) is 12.8 Å². The van der Waals surface area contributed by atoms with E-state index in [9.17, 15) is 9.90 Å². The molecular weight excluding hydrogens is 432 g/mol. The predicted molar refractivity (Wildman–Crippen MR) is 128 cm³/mol. The summed E-state index contributed by atoms with van der Waals surface area (Å²) in [6.07, 6.45) is 12.2. The van der Waals surface area contributed by atoms with Gasteiger partial charge in [-0.1, -0.05) is 37.5 Å². The Morgan fingerprint density at radius 3 is 2.71 bits per heavy atom. The summed E-state index contributed by atoms with van der Waals surface area (Å²) < 4.78 is 12.7. The van der Waals surface area contributed by atoms with Crippen molar-refractivity contribution >= 4 is 18.1 Å². The monoisotopic (exact) mass is 463 g/mol. The zero-order valence-corrected chi connectivity index (χ0v) is 19.5. The minimum atomic E-state index is -0.973. The van der Waals surface area contributed by atoms with Crippen molar-refractivity contribution in [2.24, 2.45) is 15.9 Å². The van der Waals surface area contributed by atoms with E-state index in [1.807, 2.05) is 25.4 Å². The molecule has 1 fully saturated rings. The highest BCUT2D eigenvalue weighted by atomic mass is 16.5. The van der Waals surface area contributed by atoms with Gasteiger partial charge >= 0.3 is 5.97 Å². The predicted octanol–water partition coefficient (Wildman–Crippen LogP) is 4.94. The number of benzene rings is 1. The van der Waals surface area contributed by atoms with Gasteiger partial charge in [0.05, 0.1) is 12.3 Å². The number of hydrogen-bond donors (Lipinski definition) is 1. The molecule has 0 amide bonds. The fourth-order valence-electron chi connectivity index (χ4n) is 4.68. The Hall–Kier alpha value is -3.35. The van der Waals surface area contributed by atoms with Gasteiger partial charge in [-0.2, -0.15) is 0 Å². The maximum absolute atomic E-state index is 12.2. The molecule has 7 nitrogen and oxygen atoms in total. The second-order valence-electron chi connectivity index (χ2n) is 8.98. The van der Waals surface area contributed by atoms with Gasteiger partial charge in [-0.25, -0.2) is 0 Å². The van der Waals surface area contributed by atoms with Crippen LogP contribution in [-0.2, 0) is 4.79 Å². The van der Waals surface area contributed by atoms with E-state index in [1.54, 1.807) is 24.3 Å². The summed E-state index contributed by atoms with van der Waals surface area (Å²) in [5, 5.41) is 20.9. The van der Waals surface area contributed by atoms with Crippen molar-refractivity contribution in [3.8, 4) is 5.75 Å². The number of hydrogen-bond acceptors (Lipinski definition) is 6. The maximum Gasteiger partial charge on any atom is 0.305 e. The lowest BCUT2D eigenvalue weighted by atomic mass is 9.82. The van der Waals surface area contributed by atoms with Gasteiger partial charge in [0, 0.05) is 30.4 Å². The molecule has 0 radical (unpaired) electrons. The molecule has 7 heteroatoms. The van der Waals surface area contributed by atoms with Crippen molar-refractivity contribution < 1.29 is 24.2 Å². The van der Waals surface area contributed by atoms with Crippen LogP contribution < -0.4 is 9.84 Å². The number of carbonyl (C=O) groups is 1. The number of nitrogens with zero attached hydrogens (tertiary/aromatic N) is 2. The van der Waals surface area contributed by atoms with Crippen molar-refractivity contribution in [2.45, 2.75) is 63.9 Å². The number of aliphatic imine (C=N–C) groups is 2. The molecule has 1 saturated carbocycles. The zero-order chi connectivity index (χ0) is 23.9. The largest absolute Gasteiger partial charge is 0.858 e. The van der Waals surface area contributed by atoms with Crippen LogP contribution in [0.4, 0.5) is 0 Å². The van der Waals surface area contributed by atoms with Crippen LogP contribution >= 0.6 is 0 Å². The van der Waals surface area contributed by atoms with E-state index in [-0.39, 0.29) is 25.0 Å². The highest BCUT2D eigenvalue weighted by molar-refractivity contribution is 5.90. The lowest BCUT2D eigenvalue weighted by Gasteiger charge is -2.30. The van der Waals surface area contributed by atoms with Crippen LogP contribution in [0.5, 0.6) is 5.75 Å². The molecule has 2 atom stereocenters. The van der Waals surface area contributed by atoms with E-state index in [0.29, 0.717) is 17.2 Å². The number of carboxylic acids is 1. The van der Waals surface area contributed by atoms with Crippen molar-refractivity contribution in [3.63, 3.8) is 0 Å². The lowest BCUT2D eigenvalue weighted by Crippen LogP contribution is -2.22. The quantitative estimate of drug-likeness (QED) is 0.419. The van der Waals surface area contributed by atoms with Crippen LogP contribution in [0.3, 0.4) is 0 Å². The second kappa shape index (κ2) is 11.2. The van der Waals surface area contributed by atoms with Gasteiger partial charge in [0.25, 0.3) is 0 Å². The molecule has 1 N–H and O–H groups in total. The number of aliphatic carboxylic acids is 1. The molecule has 4 rings (SSSR count). The lowest BCUT2D eigenvalue weighted by molar-refractivity contribution is -0.213. The van der Waals surface area contributed by atoms with Crippen LogP contribution in [0.25, 0.3) is 0 Å². The first kappa shape index (κ1) is 23.8. The third kappa shape index (κ3) is 5.95. The third-order valence-electron chi connectivity index (χ3n) is 6.52. The molecule has 1 aliphatic carbocycles. The summed E-state index contributed by atoms with van der Waals surface area (Å²) in [5.41, 5.74) is 1.49.